The molecule has 0 spiro atoms. The molecule has 0 saturated carbocycles. The van der Waals surface area contributed by atoms with Crippen LogP contribution in [0.2, 0.25) is 0 Å². The third-order valence-electron chi connectivity index (χ3n) is 6.65. The number of benzene rings is 2. The second-order valence-electron chi connectivity index (χ2n) is 10.1. The van der Waals surface area contributed by atoms with Gasteiger partial charge in [0.05, 0.1) is 29.0 Å². The largest absolute Gasteiger partial charge is 0.416 e. The van der Waals surface area contributed by atoms with Crippen LogP contribution in [-0.4, -0.2) is 30.4 Å². The van der Waals surface area contributed by atoms with Gasteiger partial charge in [0.25, 0.3) is 5.91 Å². The van der Waals surface area contributed by atoms with Crippen molar-refractivity contribution in [1.29, 1.82) is 0 Å². The van der Waals surface area contributed by atoms with Crippen LogP contribution in [0.4, 0.5) is 30.5 Å². The van der Waals surface area contributed by atoms with Crippen molar-refractivity contribution in [2.45, 2.75) is 39.8 Å². The molecule has 3 aromatic heterocycles. The second kappa shape index (κ2) is 11.4. The maximum Gasteiger partial charge on any atom is 0.416 e. The molecule has 3 heterocycles. The standard InChI is InChI=1S/C31H28F3N7O/c1-18(2)28-24(31(32,33)34)13-23(14-27(28)41-16-20(4)37-17-41)38-29(42)21-8-7-19(3)26(12-21)40-30-36-11-9-25(39-30)22-6-5-10-35-15-22/h5-18H,1-4H3,(H,38,42)(H,36,39,40). The fraction of sp³-hybridized carbons (Fsp3) is 0.194. The van der Waals surface area contributed by atoms with E-state index in [0.29, 0.717) is 28.7 Å². The molecule has 8 nitrogen and oxygen atoms in total. The zero-order valence-electron chi connectivity index (χ0n) is 23.4. The molecular weight excluding hydrogens is 543 g/mol. The molecular formula is C31H28F3N7O. The molecule has 1 amide bonds. The van der Waals surface area contributed by atoms with Crippen LogP contribution in [0.3, 0.4) is 0 Å². The number of carbonyl (C=O) groups is 1. The molecule has 2 aromatic carbocycles. The summed E-state index contributed by atoms with van der Waals surface area (Å²) >= 11 is 0. The van der Waals surface area contributed by atoms with Crippen molar-refractivity contribution >= 4 is 23.2 Å². The molecule has 0 aliphatic heterocycles. The second-order valence-corrected chi connectivity index (χ2v) is 10.1. The number of hydrogen-bond acceptors (Lipinski definition) is 6. The summed E-state index contributed by atoms with van der Waals surface area (Å²) < 4.78 is 44.2. The molecule has 5 rings (SSSR count). The SMILES string of the molecule is Cc1cn(-c2cc(NC(=O)c3ccc(C)c(Nc4nccc(-c5cccnc5)n4)c3)cc(C(F)(F)F)c2C(C)C)cn1. The van der Waals surface area contributed by atoms with Gasteiger partial charge in [0.1, 0.15) is 0 Å². The zero-order valence-corrected chi connectivity index (χ0v) is 23.4. The summed E-state index contributed by atoms with van der Waals surface area (Å²) in [6.07, 6.45) is 3.46. The summed E-state index contributed by atoms with van der Waals surface area (Å²) in [6, 6.07) is 12.9. The quantitative estimate of drug-likeness (QED) is 0.210. The molecule has 0 radical (unpaired) electrons. The summed E-state index contributed by atoms with van der Waals surface area (Å²) in [6.45, 7) is 7.01. The van der Waals surface area contributed by atoms with Gasteiger partial charge in [-0.15, -0.1) is 0 Å². The Hall–Kier alpha value is -5.06. The van der Waals surface area contributed by atoms with Crippen LogP contribution in [0.1, 0.15) is 52.5 Å². The van der Waals surface area contributed by atoms with E-state index in [2.05, 4.69) is 30.6 Å². The van der Waals surface area contributed by atoms with Crippen molar-refractivity contribution in [3.63, 3.8) is 0 Å². The lowest BCUT2D eigenvalue weighted by Gasteiger charge is -2.22. The normalized spacial score (nSPS) is 11.5. The van der Waals surface area contributed by atoms with Crippen LogP contribution in [0.15, 0.2) is 79.6 Å². The third kappa shape index (κ3) is 6.14. The highest BCUT2D eigenvalue weighted by molar-refractivity contribution is 6.05. The van der Waals surface area contributed by atoms with Crippen molar-refractivity contribution in [2.75, 3.05) is 10.6 Å². The number of pyridine rings is 1. The molecule has 0 unspecified atom stereocenters. The van der Waals surface area contributed by atoms with Gasteiger partial charge < -0.3 is 15.2 Å². The molecule has 5 aromatic rings. The lowest BCUT2D eigenvalue weighted by Crippen LogP contribution is -2.17. The van der Waals surface area contributed by atoms with Gasteiger partial charge in [-0.1, -0.05) is 19.9 Å². The summed E-state index contributed by atoms with van der Waals surface area (Å²) in [7, 11) is 0. The maximum atomic E-state index is 14.2. The molecule has 0 saturated heterocycles. The monoisotopic (exact) mass is 571 g/mol. The Kier molecular flexibility index (Phi) is 7.75. The summed E-state index contributed by atoms with van der Waals surface area (Å²) in [4.78, 5) is 30.4. The van der Waals surface area contributed by atoms with Crippen LogP contribution in [0.5, 0.6) is 0 Å². The van der Waals surface area contributed by atoms with E-state index in [-0.39, 0.29) is 16.8 Å². The van der Waals surface area contributed by atoms with E-state index in [1.165, 1.54) is 12.4 Å². The predicted molar refractivity (Wildman–Crippen MR) is 155 cm³/mol. The number of alkyl halides is 3. The lowest BCUT2D eigenvalue weighted by molar-refractivity contribution is -0.138. The van der Waals surface area contributed by atoms with Gasteiger partial charge >= 0.3 is 6.18 Å². The smallest absolute Gasteiger partial charge is 0.324 e. The summed E-state index contributed by atoms with van der Waals surface area (Å²) in [5, 5.41) is 5.80. The van der Waals surface area contributed by atoms with Crippen LogP contribution in [0, 0.1) is 13.8 Å². The minimum atomic E-state index is -4.63. The molecule has 11 heteroatoms. The molecule has 0 atom stereocenters. The summed E-state index contributed by atoms with van der Waals surface area (Å²) in [5.74, 6) is -0.689. The Morgan fingerprint density at radius 1 is 1.00 bits per heavy atom. The highest BCUT2D eigenvalue weighted by atomic mass is 19.4. The Bertz CT molecular complexity index is 1750. The average Bonchev–Trinajstić information content (AvgIpc) is 3.40. The van der Waals surface area contributed by atoms with E-state index in [9.17, 15) is 18.0 Å². The van der Waals surface area contributed by atoms with Crippen LogP contribution < -0.4 is 10.6 Å². The van der Waals surface area contributed by atoms with E-state index in [1.54, 1.807) is 74.4 Å². The first-order valence-electron chi connectivity index (χ1n) is 13.2. The Balaban J connectivity index is 1.46. The molecule has 214 valence electrons. The molecule has 2 N–H and O–H groups in total. The first-order valence-corrected chi connectivity index (χ1v) is 13.2. The first-order chi connectivity index (χ1) is 20.0. The molecule has 42 heavy (non-hydrogen) atoms. The van der Waals surface area contributed by atoms with Gasteiger partial charge in [-0.05, 0) is 73.4 Å². The van der Waals surface area contributed by atoms with Gasteiger partial charge in [-0.3, -0.25) is 9.78 Å². The predicted octanol–water partition coefficient (Wildman–Crippen LogP) is 7.48. The number of imidazole rings is 1. The van der Waals surface area contributed by atoms with Crippen molar-refractivity contribution in [3.8, 4) is 16.9 Å². The number of aryl methyl sites for hydroxylation is 2. The van der Waals surface area contributed by atoms with E-state index < -0.39 is 23.6 Å². The van der Waals surface area contributed by atoms with Crippen molar-refractivity contribution in [2.24, 2.45) is 0 Å². The zero-order chi connectivity index (χ0) is 30.0. The molecule has 0 aliphatic carbocycles. The number of anilines is 3. The van der Waals surface area contributed by atoms with Gasteiger partial charge in [0, 0.05) is 47.3 Å². The third-order valence-corrected chi connectivity index (χ3v) is 6.65. The van der Waals surface area contributed by atoms with Crippen LogP contribution in [-0.2, 0) is 6.18 Å². The van der Waals surface area contributed by atoms with Crippen LogP contribution >= 0.6 is 0 Å². The maximum absolute atomic E-state index is 14.2. The number of halogens is 3. The minimum Gasteiger partial charge on any atom is -0.324 e. The lowest BCUT2D eigenvalue weighted by atomic mass is 9.93. The fourth-order valence-corrected chi connectivity index (χ4v) is 4.63. The van der Waals surface area contributed by atoms with E-state index in [0.717, 1.165) is 17.2 Å². The van der Waals surface area contributed by atoms with Crippen molar-refractivity contribution in [1.82, 2.24) is 24.5 Å². The minimum absolute atomic E-state index is 0.0145. The van der Waals surface area contributed by atoms with Crippen molar-refractivity contribution in [3.05, 3.63) is 108 Å². The molecule has 0 fully saturated rings. The van der Waals surface area contributed by atoms with E-state index >= 15 is 0 Å². The topological polar surface area (TPSA) is 97.6 Å². The number of nitrogens with zero attached hydrogens (tertiary/aromatic N) is 5. The highest BCUT2D eigenvalue weighted by Gasteiger charge is 2.36. The van der Waals surface area contributed by atoms with Gasteiger partial charge in [-0.2, -0.15) is 13.2 Å². The number of aromatic nitrogens is 5. The van der Waals surface area contributed by atoms with Crippen molar-refractivity contribution < 1.29 is 18.0 Å². The summed E-state index contributed by atoms with van der Waals surface area (Å²) in [5.41, 5.74) is 3.40. The number of amides is 1. The number of carbonyl (C=O) groups excluding carboxylic acids is 1. The highest BCUT2D eigenvalue weighted by Crippen LogP contribution is 2.40. The first kappa shape index (κ1) is 28.5. The fourth-order valence-electron chi connectivity index (χ4n) is 4.63. The Morgan fingerprint density at radius 2 is 1.81 bits per heavy atom. The Labute approximate surface area is 240 Å². The van der Waals surface area contributed by atoms with Gasteiger partial charge in [-0.25, -0.2) is 15.0 Å². The van der Waals surface area contributed by atoms with Gasteiger partial charge in [0.2, 0.25) is 5.95 Å². The average molecular weight is 572 g/mol. The molecule has 0 bridgehead atoms. The van der Waals surface area contributed by atoms with Gasteiger partial charge in [0.15, 0.2) is 0 Å². The number of rotatable bonds is 7. The van der Waals surface area contributed by atoms with E-state index in [4.69, 9.17) is 0 Å². The molecule has 0 aliphatic rings. The number of hydrogen-bond donors (Lipinski definition) is 2. The van der Waals surface area contributed by atoms with E-state index in [1.807, 2.05) is 19.1 Å². The number of nitrogens with one attached hydrogen (secondary N) is 2. The Morgan fingerprint density at radius 3 is 2.48 bits per heavy atom. The van der Waals surface area contributed by atoms with Crippen LogP contribution in [0.25, 0.3) is 16.9 Å².